The summed E-state index contributed by atoms with van der Waals surface area (Å²) in [5.41, 5.74) is 3.71. The van der Waals surface area contributed by atoms with Crippen molar-refractivity contribution in [3.05, 3.63) is 53.6 Å². The highest BCUT2D eigenvalue weighted by Crippen LogP contribution is 2.27. The number of aryl methyl sites for hydroxylation is 2. The number of carbonyl (C=O) groups excluding carboxylic acids is 1. The van der Waals surface area contributed by atoms with Crippen LogP contribution in [0.1, 0.15) is 24.5 Å². The first-order chi connectivity index (χ1) is 11.2. The number of anilines is 1. The first kappa shape index (κ1) is 15.9. The maximum absolute atomic E-state index is 12.1. The number of hydrogen-bond acceptors (Lipinski definition) is 3. The first-order valence-corrected chi connectivity index (χ1v) is 9.00. The summed E-state index contributed by atoms with van der Waals surface area (Å²) in [5, 5.41) is 2.92. The Balaban J connectivity index is 1.51. The third kappa shape index (κ3) is 4.29. The van der Waals surface area contributed by atoms with E-state index in [4.69, 9.17) is 4.74 Å². The minimum atomic E-state index is 0.0136. The average Bonchev–Trinajstić information content (AvgIpc) is 3.03. The summed E-state index contributed by atoms with van der Waals surface area (Å²) in [6.45, 7) is 2.59. The van der Waals surface area contributed by atoms with Crippen LogP contribution in [-0.4, -0.2) is 18.3 Å². The molecule has 1 N–H and O–H groups in total. The number of thioether (sulfide) groups is 1. The van der Waals surface area contributed by atoms with Crippen molar-refractivity contribution in [1.82, 2.24) is 0 Å². The number of fused-ring (bicyclic) bond motifs is 1. The molecular weight excluding hydrogens is 306 g/mol. The van der Waals surface area contributed by atoms with Gasteiger partial charge in [0.25, 0.3) is 0 Å². The van der Waals surface area contributed by atoms with Crippen molar-refractivity contribution in [3.63, 3.8) is 0 Å². The van der Waals surface area contributed by atoms with Crippen molar-refractivity contribution >= 4 is 23.4 Å². The van der Waals surface area contributed by atoms with Gasteiger partial charge in [0.15, 0.2) is 0 Å². The van der Waals surface area contributed by atoms with Crippen LogP contribution < -0.4 is 10.1 Å². The van der Waals surface area contributed by atoms with Crippen LogP contribution in [0.3, 0.4) is 0 Å². The Bertz CT molecular complexity index is 682. The molecule has 3 rings (SSSR count). The third-order valence-corrected chi connectivity index (χ3v) is 4.88. The lowest BCUT2D eigenvalue weighted by Crippen LogP contribution is -2.13. The van der Waals surface area contributed by atoms with E-state index in [1.165, 1.54) is 35.3 Å². The monoisotopic (exact) mass is 327 g/mol. The molecule has 120 valence electrons. The maximum Gasteiger partial charge on any atom is 0.234 e. The van der Waals surface area contributed by atoms with E-state index in [0.717, 1.165) is 11.4 Å². The molecule has 2 aromatic carbocycles. The van der Waals surface area contributed by atoms with Gasteiger partial charge >= 0.3 is 0 Å². The Morgan fingerprint density at radius 1 is 1.13 bits per heavy atom. The molecular formula is C19H21NO2S. The van der Waals surface area contributed by atoms with Crippen molar-refractivity contribution in [3.8, 4) is 5.75 Å². The van der Waals surface area contributed by atoms with E-state index in [-0.39, 0.29) is 5.91 Å². The molecule has 1 aliphatic rings. The summed E-state index contributed by atoms with van der Waals surface area (Å²) < 4.78 is 5.39. The van der Waals surface area contributed by atoms with Crippen molar-refractivity contribution in [2.75, 3.05) is 17.7 Å². The summed E-state index contributed by atoms with van der Waals surface area (Å²) in [7, 11) is 0. The Morgan fingerprint density at radius 3 is 2.70 bits per heavy atom. The largest absolute Gasteiger partial charge is 0.494 e. The molecule has 1 aliphatic carbocycles. The molecule has 0 aromatic heterocycles. The minimum Gasteiger partial charge on any atom is -0.494 e. The first-order valence-electron chi connectivity index (χ1n) is 8.02. The van der Waals surface area contributed by atoms with E-state index in [2.05, 4.69) is 23.5 Å². The molecule has 3 nitrogen and oxygen atoms in total. The van der Waals surface area contributed by atoms with Gasteiger partial charge in [-0.15, -0.1) is 11.8 Å². The van der Waals surface area contributed by atoms with Crippen molar-refractivity contribution in [1.29, 1.82) is 0 Å². The van der Waals surface area contributed by atoms with Gasteiger partial charge in [-0.2, -0.15) is 0 Å². The van der Waals surface area contributed by atoms with Gasteiger partial charge in [-0.3, -0.25) is 4.79 Å². The van der Waals surface area contributed by atoms with Crippen molar-refractivity contribution in [2.24, 2.45) is 0 Å². The molecule has 0 unspecified atom stereocenters. The van der Waals surface area contributed by atoms with E-state index in [0.29, 0.717) is 12.4 Å². The van der Waals surface area contributed by atoms with Crippen LogP contribution in [0.2, 0.25) is 0 Å². The Morgan fingerprint density at radius 2 is 1.91 bits per heavy atom. The van der Waals surface area contributed by atoms with Gasteiger partial charge in [0.05, 0.1) is 12.4 Å². The molecule has 0 aliphatic heterocycles. The number of benzene rings is 2. The second kappa shape index (κ2) is 7.55. The second-order valence-electron chi connectivity index (χ2n) is 5.58. The molecule has 0 atom stereocenters. The topological polar surface area (TPSA) is 38.3 Å². The van der Waals surface area contributed by atoms with E-state index < -0.39 is 0 Å². The van der Waals surface area contributed by atoms with Gasteiger partial charge in [-0.05, 0) is 73.7 Å². The minimum absolute atomic E-state index is 0.0136. The van der Waals surface area contributed by atoms with E-state index in [1.54, 1.807) is 11.8 Å². The molecule has 0 bridgehead atoms. The van der Waals surface area contributed by atoms with Crippen LogP contribution in [0.5, 0.6) is 5.75 Å². The lowest BCUT2D eigenvalue weighted by molar-refractivity contribution is -0.113. The highest BCUT2D eigenvalue weighted by Gasteiger charge is 2.11. The molecule has 0 fully saturated rings. The van der Waals surface area contributed by atoms with Crippen molar-refractivity contribution in [2.45, 2.75) is 31.1 Å². The highest BCUT2D eigenvalue weighted by molar-refractivity contribution is 8.00. The molecule has 4 heteroatoms. The van der Waals surface area contributed by atoms with Gasteiger partial charge in [-0.25, -0.2) is 0 Å². The van der Waals surface area contributed by atoms with Crippen molar-refractivity contribution < 1.29 is 9.53 Å². The molecule has 0 heterocycles. The lowest BCUT2D eigenvalue weighted by Gasteiger charge is -2.08. The van der Waals surface area contributed by atoms with Gasteiger partial charge < -0.3 is 10.1 Å². The Labute approximate surface area is 141 Å². The zero-order valence-electron chi connectivity index (χ0n) is 13.3. The van der Waals surface area contributed by atoms with E-state index in [1.807, 2.05) is 31.2 Å². The van der Waals surface area contributed by atoms with Gasteiger partial charge in [0.1, 0.15) is 5.75 Å². The zero-order chi connectivity index (χ0) is 16.1. The summed E-state index contributed by atoms with van der Waals surface area (Å²) in [5.74, 6) is 1.25. The average molecular weight is 327 g/mol. The van der Waals surface area contributed by atoms with Crippen LogP contribution >= 0.6 is 11.8 Å². The number of hydrogen-bond donors (Lipinski definition) is 1. The van der Waals surface area contributed by atoms with E-state index >= 15 is 0 Å². The standard InChI is InChI=1S/C19H21NO2S/c1-2-22-17-9-7-16(8-10-17)20-19(21)13-23-18-11-6-14-4-3-5-15(14)12-18/h6-12H,2-5,13H2,1H3,(H,20,21). The summed E-state index contributed by atoms with van der Waals surface area (Å²) in [6, 6.07) is 14.0. The van der Waals surface area contributed by atoms with Crippen LogP contribution in [0.4, 0.5) is 5.69 Å². The number of amides is 1. The number of carbonyl (C=O) groups is 1. The zero-order valence-corrected chi connectivity index (χ0v) is 14.1. The fourth-order valence-electron chi connectivity index (χ4n) is 2.79. The summed E-state index contributed by atoms with van der Waals surface area (Å²) >= 11 is 1.59. The Kier molecular flexibility index (Phi) is 5.23. The fourth-order valence-corrected chi connectivity index (χ4v) is 3.54. The second-order valence-corrected chi connectivity index (χ2v) is 6.63. The SMILES string of the molecule is CCOc1ccc(NC(=O)CSc2ccc3c(c2)CCC3)cc1. The normalized spacial score (nSPS) is 12.7. The predicted octanol–water partition coefficient (Wildman–Crippen LogP) is 4.30. The molecule has 23 heavy (non-hydrogen) atoms. The van der Waals surface area contributed by atoms with Crippen LogP contribution in [0.15, 0.2) is 47.4 Å². The fraction of sp³-hybridized carbons (Fsp3) is 0.316. The number of ether oxygens (including phenoxy) is 1. The van der Waals surface area contributed by atoms with Crippen LogP contribution in [-0.2, 0) is 17.6 Å². The smallest absolute Gasteiger partial charge is 0.234 e. The maximum atomic E-state index is 12.1. The third-order valence-electron chi connectivity index (χ3n) is 3.89. The molecule has 0 saturated carbocycles. The van der Waals surface area contributed by atoms with Crippen LogP contribution in [0.25, 0.3) is 0 Å². The van der Waals surface area contributed by atoms with Gasteiger partial charge in [-0.1, -0.05) is 6.07 Å². The lowest BCUT2D eigenvalue weighted by atomic mass is 10.1. The Hall–Kier alpha value is -1.94. The summed E-state index contributed by atoms with van der Waals surface area (Å²) in [6.07, 6.45) is 3.61. The highest BCUT2D eigenvalue weighted by atomic mass is 32.2. The van der Waals surface area contributed by atoms with Crippen LogP contribution in [0, 0.1) is 0 Å². The van der Waals surface area contributed by atoms with E-state index in [9.17, 15) is 4.79 Å². The van der Waals surface area contributed by atoms with Gasteiger partial charge in [0.2, 0.25) is 5.91 Å². The summed E-state index contributed by atoms with van der Waals surface area (Å²) in [4.78, 5) is 13.2. The number of rotatable bonds is 6. The molecule has 0 saturated heterocycles. The molecule has 0 radical (unpaired) electrons. The molecule has 2 aromatic rings. The predicted molar refractivity (Wildman–Crippen MR) is 95.4 cm³/mol. The molecule has 1 amide bonds. The van der Waals surface area contributed by atoms with Gasteiger partial charge in [0, 0.05) is 10.6 Å². The quantitative estimate of drug-likeness (QED) is 0.804. The number of nitrogens with one attached hydrogen (secondary N) is 1. The molecule has 0 spiro atoms.